The highest BCUT2D eigenvalue weighted by atomic mass is 32.1. The molecule has 1 fully saturated rings. The molecule has 1 aliphatic rings. The third-order valence-corrected chi connectivity index (χ3v) is 4.69. The van der Waals surface area contributed by atoms with E-state index in [1.807, 2.05) is 17.5 Å². The number of nitrogens with zero attached hydrogens (tertiary/aromatic N) is 4. The molecule has 3 heterocycles. The summed E-state index contributed by atoms with van der Waals surface area (Å²) in [6, 6.07) is 3.93. The van der Waals surface area contributed by atoms with E-state index in [-0.39, 0.29) is 5.91 Å². The van der Waals surface area contributed by atoms with Crippen LogP contribution in [0.5, 0.6) is 0 Å². The molecule has 0 spiro atoms. The SMILES string of the molecule is CN1CCN(c2ncccc2CNC(=O)/C=C/c2nccs2)CC1. The van der Waals surface area contributed by atoms with Crippen molar-refractivity contribution in [1.29, 1.82) is 0 Å². The fourth-order valence-electron chi connectivity index (χ4n) is 2.58. The molecule has 0 bridgehead atoms. The number of nitrogens with one attached hydrogen (secondary N) is 1. The number of hydrogen-bond acceptors (Lipinski definition) is 6. The Morgan fingerprint density at radius 3 is 2.88 bits per heavy atom. The number of pyridine rings is 1. The standard InChI is InChI=1S/C17H21N5OS/c1-21-8-10-22(11-9-21)17-14(3-2-6-19-17)13-20-15(23)4-5-16-18-7-12-24-16/h2-7,12H,8-11,13H2,1H3,(H,20,23)/b5-4+. The fraction of sp³-hybridized carbons (Fsp3) is 0.353. The van der Waals surface area contributed by atoms with Crippen molar-refractivity contribution in [3.63, 3.8) is 0 Å². The Balaban J connectivity index is 1.60. The van der Waals surface area contributed by atoms with E-state index in [2.05, 4.69) is 32.1 Å². The van der Waals surface area contributed by atoms with Crippen LogP contribution in [0.25, 0.3) is 6.08 Å². The van der Waals surface area contributed by atoms with Gasteiger partial charge in [-0.05, 0) is 19.2 Å². The summed E-state index contributed by atoms with van der Waals surface area (Å²) in [6.45, 7) is 4.44. The number of amides is 1. The summed E-state index contributed by atoms with van der Waals surface area (Å²) >= 11 is 1.50. The van der Waals surface area contributed by atoms with Gasteiger partial charge in [-0.2, -0.15) is 0 Å². The molecule has 6 nitrogen and oxygen atoms in total. The van der Waals surface area contributed by atoms with Gasteiger partial charge in [0.25, 0.3) is 0 Å². The fourth-order valence-corrected chi connectivity index (χ4v) is 3.11. The average Bonchev–Trinajstić information content (AvgIpc) is 3.13. The lowest BCUT2D eigenvalue weighted by atomic mass is 10.2. The minimum absolute atomic E-state index is 0.126. The van der Waals surface area contributed by atoms with Gasteiger partial charge in [-0.15, -0.1) is 11.3 Å². The van der Waals surface area contributed by atoms with Crippen molar-refractivity contribution in [2.45, 2.75) is 6.54 Å². The van der Waals surface area contributed by atoms with Crippen LogP contribution in [0.15, 0.2) is 36.0 Å². The third-order valence-electron chi connectivity index (χ3n) is 3.95. The van der Waals surface area contributed by atoms with E-state index >= 15 is 0 Å². The zero-order valence-corrected chi connectivity index (χ0v) is 14.5. The molecule has 0 unspecified atom stereocenters. The second kappa shape index (κ2) is 8.03. The number of anilines is 1. The van der Waals surface area contributed by atoms with Gasteiger partial charge in [-0.25, -0.2) is 9.97 Å². The molecular formula is C17H21N5OS. The van der Waals surface area contributed by atoms with Crippen molar-refractivity contribution in [3.8, 4) is 0 Å². The van der Waals surface area contributed by atoms with Crippen LogP contribution in [0.1, 0.15) is 10.6 Å². The number of carbonyl (C=O) groups excluding carboxylic acids is 1. The number of thiazole rings is 1. The maximum Gasteiger partial charge on any atom is 0.244 e. The smallest absolute Gasteiger partial charge is 0.244 e. The molecule has 24 heavy (non-hydrogen) atoms. The number of hydrogen-bond donors (Lipinski definition) is 1. The molecular weight excluding hydrogens is 322 g/mol. The summed E-state index contributed by atoms with van der Waals surface area (Å²) in [5.74, 6) is 0.841. The number of rotatable bonds is 5. The molecule has 0 aromatic carbocycles. The summed E-state index contributed by atoms with van der Waals surface area (Å²) in [7, 11) is 2.13. The minimum Gasteiger partial charge on any atom is -0.354 e. The molecule has 126 valence electrons. The predicted octanol–water partition coefficient (Wildman–Crippen LogP) is 1.62. The Morgan fingerprint density at radius 2 is 2.12 bits per heavy atom. The zero-order valence-electron chi connectivity index (χ0n) is 13.7. The van der Waals surface area contributed by atoms with Gasteiger partial charge < -0.3 is 15.1 Å². The van der Waals surface area contributed by atoms with Crippen LogP contribution in [0.2, 0.25) is 0 Å². The minimum atomic E-state index is -0.126. The van der Waals surface area contributed by atoms with E-state index in [0.717, 1.165) is 42.6 Å². The van der Waals surface area contributed by atoms with Gasteiger partial charge in [0.05, 0.1) is 0 Å². The average molecular weight is 343 g/mol. The van der Waals surface area contributed by atoms with Crippen molar-refractivity contribution in [3.05, 3.63) is 46.6 Å². The first kappa shape index (κ1) is 16.6. The highest BCUT2D eigenvalue weighted by molar-refractivity contribution is 7.10. The van der Waals surface area contributed by atoms with Crippen molar-refractivity contribution >= 4 is 29.1 Å². The summed E-state index contributed by atoms with van der Waals surface area (Å²) in [4.78, 5) is 25.2. The highest BCUT2D eigenvalue weighted by Gasteiger charge is 2.17. The van der Waals surface area contributed by atoms with E-state index in [1.165, 1.54) is 17.4 Å². The van der Waals surface area contributed by atoms with Gasteiger partial charge in [0.1, 0.15) is 10.8 Å². The highest BCUT2D eigenvalue weighted by Crippen LogP contribution is 2.18. The Labute approximate surface area is 145 Å². The number of likely N-dealkylation sites (N-methyl/N-ethyl adjacent to an activating group) is 1. The largest absolute Gasteiger partial charge is 0.354 e. The lowest BCUT2D eigenvalue weighted by Crippen LogP contribution is -2.45. The van der Waals surface area contributed by atoms with Crippen LogP contribution >= 0.6 is 11.3 Å². The molecule has 1 N–H and O–H groups in total. The Morgan fingerprint density at radius 1 is 1.29 bits per heavy atom. The Bertz CT molecular complexity index is 693. The molecule has 0 atom stereocenters. The first-order chi connectivity index (χ1) is 11.7. The molecule has 1 saturated heterocycles. The molecule has 3 rings (SSSR count). The van der Waals surface area contributed by atoms with E-state index in [4.69, 9.17) is 0 Å². The number of carbonyl (C=O) groups is 1. The van der Waals surface area contributed by atoms with Crippen molar-refractivity contribution in [2.75, 3.05) is 38.1 Å². The Kier molecular flexibility index (Phi) is 5.55. The van der Waals surface area contributed by atoms with Crippen LogP contribution in [-0.4, -0.2) is 54.0 Å². The quantitative estimate of drug-likeness (QED) is 0.836. The molecule has 0 aliphatic carbocycles. The van der Waals surface area contributed by atoms with Gasteiger partial charge in [0.2, 0.25) is 5.91 Å². The summed E-state index contributed by atoms with van der Waals surface area (Å²) in [6.07, 6.45) is 6.77. The molecule has 2 aromatic rings. The first-order valence-corrected chi connectivity index (χ1v) is 8.83. The van der Waals surface area contributed by atoms with Crippen LogP contribution < -0.4 is 10.2 Å². The zero-order chi connectivity index (χ0) is 16.8. The summed E-state index contributed by atoms with van der Waals surface area (Å²) < 4.78 is 0. The van der Waals surface area contributed by atoms with Crippen molar-refractivity contribution < 1.29 is 4.79 Å². The summed E-state index contributed by atoms with van der Waals surface area (Å²) in [5, 5.41) is 5.63. The van der Waals surface area contributed by atoms with Crippen LogP contribution in [-0.2, 0) is 11.3 Å². The second-order valence-corrected chi connectivity index (χ2v) is 6.62. The first-order valence-electron chi connectivity index (χ1n) is 7.95. The molecule has 0 saturated carbocycles. The summed E-state index contributed by atoms with van der Waals surface area (Å²) in [5.41, 5.74) is 1.04. The Hall–Kier alpha value is -2.25. The van der Waals surface area contributed by atoms with Gasteiger partial charge in [-0.1, -0.05) is 6.07 Å². The van der Waals surface area contributed by atoms with E-state index in [1.54, 1.807) is 18.5 Å². The van der Waals surface area contributed by atoms with E-state index in [9.17, 15) is 4.79 Å². The van der Waals surface area contributed by atoms with E-state index in [0.29, 0.717) is 6.54 Å². The maximum absolute atomic E-state index is 12.0. The lowest BCUT2D eigenvalue weighted by molar-refractivity contribution is -0.116. The van der Waals surface area contributed by atoms with Crippen molar-refractivity contribution in [1.82, 2.24) is 20.2 Å². The monoisotopic (exact) mass is 343 g/mol. The van der Waals surface area contributed by atoms with Crippen LogP contribution in [0.3, 0.4) is 0 Å². The van der Waals surface area contributed by atoms with Gasteiger partial charge in [-0.3, -0.25) is 4.79 Å². The van der Waals surface area contributed by atoms with Gasteiger partial charge in [0, 0.05) is 62.1 Å². The second-order valence-electron chi connectivity index (χ2n) is 5.70. The molecule has 7 heteroatoms. The third kappa shape index (κ3) is 4.39. The normalized spacial score (nSPS) is 15.8. The van der Waals surface area contributed by atoms with Gasteiger partial charge >= 0.3 is 0 Å². The predicted molar refractivity (Wildman–Crippen MR) is 96.9 cm³/mol. The van der Waals surface area contributed by atoms with Crippen LogP contribution in [0.4, 0.5) is 5.82 Å². The van der Waals surface area contributed by atoms with Crippen molar-refractivity contribution in [2.24, 2.45) is 0 Å². The number of piperazine rings is 1. The molecule has 0 radical (unpaired) electrons. The molecule has 1 aliphatic heterocycles. The topological polar surface area (TPSA) is 61.4 Å². The van der Waals surface area contributed by atoms with Crippen LogP contribution in [0, 0.1) is 0 Å². The lowest BCUT2D eigenvalue weighted by Gasteiger charge is -2.34. The molecule has 1 amide bonds. The van der Waals surface area contributed by atoms with E-state index < -0.39 is 0 Å². The number of aromatic nitrogens is 2. The maximum atomic E-state index is 12.0. The molecule has 2 aromatic heterocycles. The van der Waals surface area contributed by atoms with Gasteiger partial charge in [0.15, 0.2) is 0 Å².